The van der Waals surface area contributed by atoms with Gasteiger partial charge in [-0.3, -0.25) is 0 Å². The maximum atomic E-state index is 6.76. The van der Waals surface area contributed by atoms with Crippen molar-refractivity contribution >= 4 is 0 Å². The van der Waals surface area contributed by atoms with Crippen LogP contribution >= 0.6 is 0 Å². The Labute approximate surface area is 227 Å². The van der Waals surface area contributed by atoms with Gasteiger partial charge in [0.2, 0.25) is 0 Å². The average Bonchev–Trinajstić information content (AvgIpc) is 3.49. The zero-order chi connectivity index (χ0) is 27.3. The van der Waals surface area contributed by atoms with Gasteiger partial charge in [-0.2, -0.15) is 0 Å². The summed E-state index contributed by atoms with van der Waals surface area (Å²) < 4.78 is 44.7. The van der Waals surface area contributed by atoms with Gasteiger partial charge in [-0.05, 0) is 67.2 Å². The minimum Gasteiger partial charge on any atom is -0.379 e. The van der Waals surface area contributed by atoms with Gasteiger partial charge >= 0.3 is 0 Å². The Bertz CT molecular complexity index is 554. The van der Waals surface area contributed by atoms with Gasteiger partial charge in [-0.25, -0.2) is 0 Å². The third-order valence-corrected chi connectivity index (χ3v) is 7.75. The number of unbranched alkanes of at least 4 members (excludes halogenated alkanes) is 2. The van der Waals surface area contributed by atoms with E-state index in [4.69, 9.17) is 33.2 Å². The van der Waals surface area contributed by atoms with Crippen LogP contribution in [0.4, 0.5) is 0 Å². The molecule has 2 heterocycles. The lowest BCUT2D eigenvalue weighted by Crippen LogP contribution is -2.53. The molecule has 2 saturated heterocycles. The standard InChI is InChI=1S/C30H58O7/c1-9-13-15-23(5)34-29(19-17-27(36-29)21-31-11-3)25(7)33-26(8)30(35-24(6)16-14-10-2)20-18-28(37-30)22-32-12-4/h23-28H,9-22H2,1-8H3. The first-order chi connectivity index (χ1) is 17.7. The van der Waals surface area contributed by atoms with E-state index in [1.165, 1.54) is 0 Å². The van der Waals surface area contributed by atoms with E-state index in [1.807, 2.05) is 13.8 Å². The van der Waals surface area contributed by atoms with Crippen LogP contribution in [-0.2, 0) is 33.2 Å². The highest BCUT2D eigenvalue weighted by Crippen LogP contribution is 2.42. The van der Waals surface area contributed by atoms with E-state index in [0.717, 1.165) is 64.2 Å². The lowest BCUT2D eigenvalue weighted by molar-refractivity contribution is -0.341. The molecule has 37 heavy (non-hydrogen) atoms. The summed E-state index contributed by atoms with van der Waals surface area (Å²) in [5.74, 6) is -1.61. The highest BCUT2D eigenvalue weighted by Gasteiger charge is 2.52. The highest BCUT2D eigenvalue weighted by atomic mass is 16.8. The molecule has 0 aliphatic carbocycles. The van der Waals surface area contributed by atoms with Crippen LogP contribution in [0, 0.1) is 0 Å². The normalized spacial score (nSPS) is 31.5. The molecule has 0 aromatic heterocycles. The Morgan fingerprint density at radius 3 is 1.43 bits per heavy atom. The maximum Gasteiger partial charge on any atom is 0.195 e. The summed E-state index contributed by atoms with van der Waals surface area (Å²) in [7, 11) is 0. The number of hydrogen-bond donors (Lipinski definition) is 0. The maximum absolute atomic E-state index is 6.76. The van der Waals surface area contributed by atoms with Crippen LogP contribution in [-0.4, -0.2) is 74.6 Å². The molecular formula is C30H58O7. The Morgan fingerprint density at radius 2 is 1.08 bits per heavy atom. The van der Waals surface area contributed by atoms with E-state index < -0.39 is 11.6 Å². The summed E-state index contributed by atoms with van der Waals surface area (Å²) in [5, 5.41) is 0. The van der Waals surface area contributed by atoms with Crippen molar-refractivity contribution in [2.24, 2.45) is 0 Å². The van der Waals surface area contributed by atoms with Crippen LogP contribution in [0.2, 0.25) is 0 Å². The predicted octanol–water partition coefficient (Wildman–Crippen LogP) is 6.79. The van der Waals surface area contributed by atoms with Crippen molar-refractivity contribution < 1.29 is 33.2 Å². The number of rotatable bonds is 20. The second-order valence-corrected chi connectivity index (χ2v) is 11.1. The van der Waals surface area contributed by atoms with E-state index in [-0.39, 0.29) is 36.6 Å². The molecule has 8 unspecified atom stereocenters. The molecule has 2 aliphatic rings. The molecule has 2 aliphatic heterocycles. The van der Waals surface area contributed by atoms with E-state index in [9.17, 15) is 0 Å². The van der Waals surface area contributed by atoms with Crippen molar-refractivity contribution in [3.05, 3.63) is 0 Å². The minimum absolute atomic E-state index is 0.0114. The quantitative estimate of drug-likeness (QED) is 0.172. The van der Waals surface area contributed by atoms with Crippen molar-refractivity contribution in [2.75, 3.05) is 26.4 Å². The van der Waals surface area contributed by atoms with Gasteiger partial charge in [0.05, 0.1) is 37.6 Å². The first kappa shape index (κ1) is 32.9. The molecule has 0 N–H and O–H groups in total. The van der Waals surface area contributed by atoms with Gasteiger partial charge in [0.1, 0.15) is 12.2 Å². The van der Waals surface area contributed by atoms with Crippen LogP contribution in [0.25, 0.3) is 0 Å². The molecule has 8 atom stereocenters. The highest BCUT2D eigenvalue weighted by molar-refractivity contribution is 4.92. The van der Waals surface area contributed by atoms with Crippen molar-refractivity contribution in [2.45, 2.75) is 168 Å². The van der Waals surface area contributed by atoms with Crippen molar-refractivity contribution in [3.63, 3.8) is 0 Å². The number of hydrogen-bond acceptors (Lipinski definition) is 7. The SMILES string of the molecule is CCCCC(C)OC1(C(C)OC(C)C2(OC(C)CCCC)CCC(COCC)O2)CCC(COCC)O1. The van der Waals surface area contributed by atoms with E-state index in [0.29, 0.717) is 26.4 Å². The molecular weight excluding hydrogens is 472 g/mol. The summed E-state index contributed by atoms with van der Waals surface area (Å²) >= 11 is 0. The number of ether oxygens (including phenoxy) is 7. The average molecular weight is 531 g/mol. The molecule has 7 nitrogen and oxygen atoms in total. The molecule has 0 aromatic rings. The zero-order valence-electron chi connectivity index (χ0n) is 25.2. The first-order valence-electron chi connectivity index (χ1n) is 15.3. The third-order valence-electron chi connectivity index (χ3n) is 7.75. The second-order valence-electron chi connectivity index (χ2n) is 11.1. The van der Waals surface area contributed by atoms with Gasteiger partial charge in [0.25, 0.3) is 0 Å². The zero-order valence-corrected chi connectivity index (χ0v) is 25.2. The largest absolute Gasteiger partial charge is 0.379 e. The van der Waals surface area contributed by atoms with Crippen LogP contribution in [0.3, 0.4) is 0 Å². The fraction of sp³-hybridized carbons (Fsp3) is 1.00. The lowest BCUT2D eigenvalue weighted by atomic mass is 10.0. The fourth-order valence-electron chi connectivity index (χ4n) is 5.52. The summed E-state index contributed by atoms with van der Waals surface area (Å²) in [5.41, 5.74) is 0. The Balaban J connectivity index is 2.17. The van der Waals surface area contributed by atoms with Crippen LogP contribution < -0.4 is 0 Å². The molecule has 0 aromatic carbocycles. The smallest absolute Gasteiger partial charge is 0.195 e. The van der Waals surface area contributed by atoms with E-state index >= 15 is 0 Å². The molecule has 0 saturated carbocycles. The predicted molar refractivity (Wildman–Crippen MR) is 147 cm³/mol. The Kier molecular flexibility index (Phi) is 14.9. The molecule has 0 radical (unpaired) electrons. The Hall–Kier alpha value is -0.280. The van der Waals surface area contributed by atoms with Crippen molar-refractivity contribution in [3.8, 4) is 0 Å². The molecule has 7 heteroatoms. The summed E-state index contributed by atoms with van der Waals surface area (Å²) in [4.78, 5) is 0. The molecule has 0 amide bonds. The fourth-order valence-corrected chi connectivity index (χ4v) is 5.52. The molecule has 0 spiro atoms. The van der Waals surface area contributed by atoms with E-state index in [1.54, 1.807) is 0 Å². The van der Waals surface area contributed by atoms with Gasteiger partial charge < -0.3 is 33.2 Å². The van der Waals surface area contributed by atoms with Crippen LogP contribution in [0.15, 0.2) is 0 Å². The molecule has 2 fully saturated rings. The minimum atomic E-state index is -0.804. The van der Waals surface area contributed by atoms with Crippen molar-refractivity contribution in [1.29, 1.82) is 0 Å². The summed E-state index contributed by atoms with van der Waals surface area (Å²) in [6.07, 6.45) is 9.53. The Morgan fingerprint density at radius 1 is 0.676 bits per heavy atom. The molecule has 2 rings (SSSR count). The van der Waals surface area contributed by atoms with E-state index in [2.05, 4.69) is 41.5 Å². The van der Waals surface area contributed by atoms with Gasteiger partial charge in [0.15, 0.2) is 11.6 Å². The molecule has 220 valence electrons. The van der Waals surface area contributed by atoms with Gasteiger partial charge in [-0.15, -0.1) is 0 Å². The lowest BCUT2D eigenvalue weighted by Gasteiger charge is -2.43. The summed E-state index contributed by atoms with van der Waals surface area (Å²) in [6, 6.07) is 0. The molecule has 0 bridgehead atoms. The van der Waals surface area contributed by atoms with Crippen molar-refractivity contribution in [1.82, 2.24) is 0 Å². The second kappa shape index (κ2) is 16.7. The summed E-state index contributed by atoms with van der Waals surface area (Å²) in [6.45, 7) is 19.4. The van der Waals surface area contributed by atoms with Gasteiger partial charge in [0, 0.05) is 26.1 Å². The first-order valence-corrected chi connectivity index (χ1v) is 15.3. The third kappa shape index (κ3) is 10.0. The van der Waals surface area contributed by atoms with Crippen LogP contribution in [0.1, 0.15) is 120 Å². The van der Waals surface area contributed by atoms with Gasteiger partial charge in [-0.1, -0.05) is 39.5 Å². The monoisotopic (exact) mass is 530 g/mol. The van der Waals surface area contributed by atoms with Crippen LogP contribution in [0.5, 0.6) is 0 Å². The topological polar surface area (TPSA) is 64.6 Å².